The lowest BCUT2D eigenvalue weighted by Crippen LogP contribution is -2.34. The van der Waals surface area contributed by atoms with E-state index in [0.717, 1.165) is 24.7 Å². The Bertz CT molecular complexity index is 481. The van der Waals surface area contributed by atoms with E-state index in [1.165, 1.54) is 51.9 Å². The zero-order valence-electron chi connectivity index (χ0n) is 18.2. The third kappa shape index (κ3) is 11.7. The van der Waals surface area contributed by atoms with Gasteiger partial charge in [0, 0.05) is 13.3 Å². The van der Waals surface area contributed by atoms with E-state index in [1.54, 1.807) is 0 Å². The molecular weight excluding hydrogens is 352 g/mol. The number of carbonyl (C=O) groups is 1. The van der Waals surface area contributed by atoms with E-state index < -0.39 is 11.8 Å². The Hall–Kier alpha value is -1.13. The summed E-state index contributed by atoms with van der Waals surface area (Å²) in [5, 5.41) is 19.5. The van der Waals surface area contributed by atoms with Crippen molar-refractivity contribution < 1.29 is 19.7 Å². The molecule has 162 valence electrons. The van der Waals surface area contributed by atoms with E-state index in [4.69, 9.17) is 0 Å². The second kappa shape index (κ2) is 13.9. The number of carbonyl (C=O) groups excluding carboxylic acids is 1. The van der Waals surface area contributed by atoms with Crippen LogP contribution < -0.4 is 0 Å². The van der Waals surface area contributed by atoms with Crippen LogP contribution in [0, 0.1) is 17.8 Å². The number of hydrogen-bond donors (Lipinski definition) is 2. The van der Waals surface area contributed by atoms with Gasteiger partial charge in [0.1, 0.15) is 6.61 Å². The summed E-state index contributed by atoms with van der Waals surface area (Å²) in [4.78, 5) is 10.7. The van der Waals surface area contributed by atoms with E-state index in [0.29, 0.717) is 12.3 Å². The smallest absolute Gasteiger partial charge is 0.302 e. The van der Waals surface area contributed by atoms with Crippen LogP contribution in [-0.4, -0.2) is 28.6 Å². The van der Waals surface area contributed by atoms with Gasteiger partial charge in [-0.25, -0.2) is 0 Å². The third-order valence-electron chi connectivity index (χ3n) is 5.75. The van der Waals surface area contributed by atoms with Crippen LogP contribution in [0.1, 0.15) is 91.4 Å². The van der Waals surface area contributed by atoms with Gasteiger partial charge in [0.15, 0.2) is 5.79 Å². The second-order valence-corrected chi connectivity index (χ2v) is 8.63. The van der Waals surface area contributed by atoms with Crippen molar-refractivity contribution in [3.63, 3.8) is 0 Å². The molecule has 0 aromatic heterocycles. The van der Waals surface area contributed by atoms with Crippen LogP contribution in [0.2, 0.25) is 0 Å². The average molecular weight is 395 g/mol. The highest BCUT2D eigenvalue weighted by Gasteiger charge is 2.24. The molecule has 0 aliphatic heterocycles. The van der Waals surface area contributed by atoms with Crippen molar-refractivity contribution >= 4 is 5.97 Å². The minimum Gasteiger partial charge on any atom is -0.460 e. The van der Waals surface area contributed by atoms with Gasteiger partial charge in [0.2, 0.25) is 0 Å². The van der Waals surface area contributed by atoms with Gasteiger partial charge in [-0.3, -0.25) is 4.79 Å². The highest BCUT2D eigenvalue weighted by atomic mass is 16.6. The fourth-order valence-electron chi connectivity index (χ4n) is 3.95. The number of aliphatic hydroxyl groups is 2. The molecule has 0 radical (unpaired) electrons. The Balaban J connectivity index is 2.23. The maximum absolute atomic E-state index is 10.7. The molecule has 1 aliphatic rings. The van der Waals surface area contributed by atoms with Gasteiger partial charge >= 0.3 is 5.97 Å². The first-order valence-electron chi connectivity index (χ1n) is 11.2. The van der Waals surface area contributed by atoms with Crippen molar-refractivity contribution in [3.05, 3.63) is 24.3 Å². The van der Waals surface area contributed by atoms with E-state index in [-0.39, 0.29) is 13.0 Å². The Kier molecular flexibility index (Phi) is 12.4. The minimum absolute atomic E-state index is 0.204. The molecule has 1 aliphatic carbocycles. The Morgan fingerprint density at radius 3 is 2.71 bits per heavy atom. The summed E-state index contributed by atoms with van der Waals surface area (Å²) in [6.07, 6.45) is 21.2. The maximum Gasteiger partial charge on any atom is 0.302 e. The minimum atomic E-state index is -1.92. The number of esters is 1. The Morgan fingerprint density at radius 1 is 1.21 bits per heavy atom. The molecule has 1 saturated carbocycles. The maximum atomic E-state index is 10.7. The molecule has 0 bridgehead atoms. The van der Waals surface area contributed by atoms with Crippen molar-refractivity contribution in [1.29, 1.82) is 0 Å². The van der Waals surface area contributed by atoms with Crippen LogP contribution in [0.25, 0.3) is 0 Å². The monoisotopic (exact) mass is 394 g/mol. The molecule has 28 heavy (non-hydrogen) atoms. The van der Waals surface area contributed by atoms with Crippen molar-refractivity contribution in [2.45, 2.75) is 97.2 Å². The van der Waals surface area contributed by atoms with Crippen LogP contribution >= 0.6 is 0 Å². The lowest BCUT2D eigenvalue weighted by molar-refractivity contribution is -0.204. The van der Waals surface area contributed by atoms with Gasteiger partial charge in [-0.2, -0.15) is 0 Å². The molecule has 0 heterocycles. The lowest BCUT2D eigenvalue weighted by Gasteiger charge is -2.20. The largest absolute Gasteiger partial charge is 0.460 e. The van der Waals surface area contributed by atoms with E-state index in [2.05, 4.69) is 42.9 Å². The van der Waals surface area contributed by atoms with Crippen molar-refractivity contribution in [2.24, 2.45) is 17.8 Å². The van der Waals surface area contributed by atoms with Crippen LogP contribution in [-0.2, 0) is 9.53 Å². The molecule has 0 amide bonds. The van der Waals surface area contributed by atoms with E-state index in [9.17, 15) is 15.0 Å². The normalized spacial score (nSPS) is 21.6. The zero-order valence-corrected chi connectivity index (χ0v) is 18.2. The molecule has 4 heteroatoms. The number of rotatable bonds is 14. The highest BCUT2D eigenvalue weighted by molar-refractivity contribution is 5.65. The predicted molar refractivity (Wildman–Crippen MR) is 115 cm³/mol. The fraction of sp³-hybridized carbons (Fsp3) is 0.792. The van der Waals surface area contributed by atoms with Crippen molar-refractivity contribution in [1.82, 2.24) is 0 Å². The molecule has 3 atom stereocenters. The zero-order chi connectivity index (χ0) is 20.8. The molecule has 4 nitrogen and oxygen atoms in total. The Morgan fingerprint density at radius 2 is 2.00 bits per heavy atom. The molecule has 0 saturated heterocycles. The van der Waals surface area contributed by atoms with E-state index in [1.807, 2.05) is 0 Å². The molecular formula is C24H42O4. The summed E-state index contributed by atoms with van der Waals surface area (Å²) in [5.74, 6) is -0.161. The first kappa shape index (κ1) is 24.9. The summed E-state index contributed by atoms with van der Waals surface area (Å²) in [7, 11) is 0. The molecule has 0 aromatic carbocycles. The quantitative estimate of drug-likeness (QED) is 0.176. The van der Waals surface area contributed by atoms with Crippen LogP contribution in [0.4, 0.5) is 0 Å². The average Bonchev–Trinajstić information content (AvgIpc) is 3.08. The standard InChI is InChI=1S/C24H42O4/c1-4-5-12-20(2)13-10-15-23-17-11-16-22(23)14-8-6-7-9-18-24(26,27)19-28-21(3)25/h6,8,10,15,20,22-23,26-27H,4-5,7,9,11-14,16-19H2,1-3H3/t20?,22-,23-/m0/s1. The summed E-state index contributed by atoms with van der Waals surface area (Å²) in [6.45, 7) is 5.51. The summed E-state index contributed by atoms with van der Waals surface area (Å²) < 4.78 is 4.67. The van der Waals surface area contributed by atoms with Crippen LogP contribution in [0.3, 0.4) is 0 Å². The lowest BCUT2D eigenvalue weighted by atomic mass is 9.91. The molecule has 1 fully saturated rings. The molecule has 2 N–H and O–H groups in total. The first-order chi connectivity index (χ1) is 13.3. The van der Waals surface area contributed by atoms with Crippen molar-refractivity contribution in [3.8, 4) is 0 Å². The van der Waals surface area contributed by atoms with Gasteiger partial charge in [0.05, 0.1) is 0 Å². The molecule has 1 rings (SSSR count). The number of allylic oxidation sites excluding steroid dienone is 4. The van der Waals surface area contributed by atoms with E-state index >= 15 is 0 Å². The Labute approximate surface area is 172 Å². The fourth-order valence-corrected chi connectivity index (χ4v) is 3.95. The third-order valence-corrected chi connectivity index (χ3v) is 5.75. The van der Waals surface area contributed by atoms with Gasteiger partial charge < -0.3 is 14.9 Å². The highest BCUT2D eigenvalue weighted by Crippen LogP contribution is 2.35. The van der Waals surface area contributed by atoms with Gasteiger partial charge in [-0.15, -0.1) is 0 Å². The second-order valence-electron chi connectivity index (χ2n) is 8.63. The topological polar surface area (TPSA) is 66.8 Å². The van der Waals surface area contributed by atoms with Crippen molar-refractivity contribution in [2.75, 3.05) is 6.61 Å². The number of unbranched alkanes of at least 4 members (excludes halogenated alkanes) is 2. The molecule has 0 aromatic rings. The summed E-state index contributed by atoms with van der Waals surface area (Å²) >= 11 is 0. The first-order valence-corrected chi connectivity index (χ1v) is 11.2. The van der Waals surface area contributed by atoms with Gasteiger partial charge in [0.25, 0.3) is 0 Å². The SMILES string of the molecule is CCCCC(C)CC=C[C@H]1CCC[C@@H]1CC=CCCCC(O)(O)COC(C)=O. The summed E-state index contributed by atoms with van der Waals surface area (Å²) in [5.41, 5.74) is 0. The molecule has 1 unspecified atom stereocenters. The number of hydrogen-bond acceptors (Lipinski definition) is 4. The van der Waals surface area contributed by atoms with Gasteiger partial charge in [-0.05, 0) is 56.3 Å². The van der Waals surface area contributed by atoms with Crippen LogP contribution in [0.5, 0.6) is 0 Å². The molecule has 0 spiro atoms. The summed E-state index contributed by atoms with van der Waals surface area (Å²) in [6, 6.07) is 0. The predicted octanol–water partition coefficient (Wildman–Crippen LogP) is 5.54. The van der Waals surface area contributed by atoms with Gasteiger partial charge in [-0.1, -0.05) is 63.8 Å². The number of ether oxygens (including phenoxy) is 1. The van der Waals surface area contributed by atoms with Crippen LogP contribution in [0.15, 0.2) is 24.3 Å².